The number of ketones is 1. The molecule has 1 fully saturated rings. The van der Waals surface area contributed by atoms with Gasteiger partial charge in [-0.15, -0.1) is 0 Å². The molecule has 168 valence electrons. The number of hydrogen-bond donors (Lipinski definition) is 1. The third kappa shape index (κ3) is 5.08. The van der Waals surface area contributed by atoms with Gasteiger partial charge in [-0.3, -0.25) is 19.3 Å². The summed E-state index contributed by atoms with van der Waals surface area (Å²) in [7, 11) is 0. The quantitative estimate of drug-likeness (QED) is 0.698. The van der Waals surface area contributed by atoms with E-state index in [0.29, 0.717) is 55.3 Å². The third-order valence-corrected chi connectivity index (χ3v) is 5.73. The Balaban J connectivity index is 1.29. The van der Waals surface area contributed by atoms with E-state index in [-0.39, 0.29) is 30.9 Å². The molecule has 0 unspecified atom stereocenters. The highest BCUT2D eigenvalue weighted by atomic mass is 16.7. The molecular formula is C24H27N3O5. The molecule has 2 aromatic rings. The van der Waals surface area contributed by atoms with Gasteiger partial charge in [0.2, 0.25) is 18.6 Å². The molecule has 2 aliphatic heterocycles. The van der Waals surface area contributed by atoms with Gasteiger partial charge in [0.25, 0.3) is 0 Å². The van der Waals surface area contributed by atoms with Crippen molar-refractivity contribution in [3.63, 3.8) is 0 Å². The van der Waals surface area contributed by atoms with Crippen molar-refractivity contribution in [1.29, 1.82) is 0 Å². The molecule has 1 saturated heterocycles. The second kappa shape index (κ2) is 9.40. The van der Waals surface area contributed by atoms with Gasteiger partial charge in [0.05, 0.1) is 18.7 Å². The molecule has 0 aromatic heterocycles. The van der Waals surface area contributed by atoms with E-state index in [0.717, 1.165) is 5.56 Å². The molecule has 4 rings (SSSR count). The second-order valence-electron chi connectivity index (χ2n) is 8.17. The van der Waals surface area contributed by atoms with Crippen molar-refractivity contribution in [2.75, 3.05) is 44.8 Å². The Labute approximate surface area is 187 Å². The molecule has 2 amide bonds. The molecule has 2 heterocycles. The predicted molar refractivity (Wildman–Crippen MR) is 119 cm³/mol. The lowest BCUT2D eigenvalue weighted by Crippen LogP contribution is -2.50. The molecule has 2 aromatic carbocycles. The van der Waals surface area contributed by atoms with Gasteiger partial charge in [0.1, 0.15) is 0 Å². The Morgan fingerprint density at radius 2 is 1.62 bits per heavy atom. The predicted octanol–water partition coefficient (Wildman–Crippen LogP) is 2.25. The Hall–Kier alpha value is -3.39. The number of hydrogen-bond acceptors (Lipinski definition) is 6. The van der Waals surface area contributed by atoms with Gasteiger partial charge in [-0.1, -0.05) is 29.8 Å². The molecule has 32 heavy (non-hydrogen) atoms. The Kier molecular flexibility index (Phi) is 6.41. The fraction of sp³-hybridized carbons (Fsp3) is 0.375. The molecule has 0 aliphatic carbocycles. The van der Waals surface area contributed by atoms with E-state index in [4.69, 9.17) is 9.47 Å². The van der Waals surface area contributed by atoms with E-state index in [9.17, 15) is 14.4 Å². The number of Topliss-reactive ketones (excluding diaryl/α,β-unsaturated/α-hetero) is 1. The van der Waals surface area contributed by atoms with Crippen LogP contribution >= 0.6 is 0 Å². The van der Waals surface area contributed by atoms with Crippen LogP contribution in [-0.2, 0) is 16.0 Å². The molecule has 0 spiro atoms. The standard InChI is InChI=1S/C24H27N3O5/c1-16-3-5-18(6-4-16)11-24(30)27-9-7-26(8-10-27)14-23(29)25-20-13-22-21(31-15-32-22)12-19(20)17(2)28/h3-6,12-13H,7-11,14-15H2,1-2H3,(H,25,29). The van der Waals surface area contributed by atoms with Gasteiger partial charge >= 0.3 is 0 Å². The summed E-state index contributed by atoms with van der Waals surface area (Å²) >= 11 is 0. The number of carbonyl (C=O) groups excluding carboxylic acids is 3. The summed E-state index contributed by atoms with van der Waals surface area (Å²) < 4.78 is 10.7. The normalized spacial score (nSPS) is 15.5. The van der Waals surface area contributed by atoms with E-state index in [2.05, 4.69) is 5.32 Å². The maximum Gasteiger partial charge on any atom is 0.238 e. The van der Waals surface area contributed by atoms with Crippen molar-refractivity contribution in [3.05, 3.63) is 53.1 Å². The molecule has 2 aliphatic rings. The molecule has 0 bridgehead atoms. The summed E-state index contributed by atoms with van der Waals surface area (Å²) in [6, 6.07) is 11.2. The number of ether oxygens (including phenoxy) is 2. The number of amides is 2. The van der Waals surface area contributed by atoms with Crippen LogP contribution in [-0.4, -0.2) is 66.9 Å². The average Bonchev–Trinajstić information content (AvgIpc) is 3.22. The van der Waals surface area contributed by atoms with Crippen LogP contribution in [0.4, 0.5) is 5.69 Å². The van der Waals surface area contributed by atoms with Crippen LogP contribution in [0.1, 0.15) is 28.4 Å². The number of anilines is 1. The lowest BCUT2D eigenvalue weighted by molar-refractivity contribution is -0.132. The average molecular weight is 437 g/mol. The zero-order valence-corrected chi connectivity index (χ0v) is 18.3. The number of carbonyl (C=O) groups is 3. The molecular weight excluding hydrogens is 410 g/mol. The van der Waals surface area contributed by atoms with Crippen LogP contribution in [0.5, 0.6) is 11.5 Å². The van der Waals surface area contributed by atoms with Crippen LogP contribution in [0.3, 0.4) is 0 Å². The summed E-state index contributed by atoms with van der Waals surface area (Å²) in [4.78, 5) is 41.1. The maximum absolute atomic E-state index is 12.6. The van der Waals surface area contributed by atoms with E-state index in [1.165, 1.54) is 12.5 Å². The van der Waals surface area contributed by atoms with Crippen LogP contribution < -0.4 is 14.8 Å². The number of fused-ring (bicyclic) bond motifs is 1. The molecule has 8 heteroatoms. The van der Waals surface area contributed by atoms with E-state index in [1.54, 1.807) is 12.1 Å². The minimum atomic E-state index is -0.217. The fourth-order valence-electron chi connectivity index (χ4n) is 3.88. The van der Waals surface area contributed by atoms with Gasteiger partial charge in [0, 0.05) is 37.8 Å². The van der Waals surface area contributed by atoms with Gasteiger partial charge in [-0.2, -0.15) is 0 Å². The van der Waals surface area contributed by atoms with Crippen molar-refractivity contribution < 1.29 is 23.9 Å². The summed E-state index contributed by atoms with van der Waals surface area (Å²) in [6.45, 7) is 6.15. The number of nitrogens with zero attached hydrogens (tertiary/aromatic N) is 2. The number of rotatable bonds is 6. The monoisotopic (exact) mass is 437 g/mol. The largest absolute Gasteiger partial charge is 0.454 e. The van der Waals surface area contributed by atoms with Crippen LogP contribution in [0.2, 0.25) is 0 Å². The first-order chi connectivity index (χ1) is 15.4. The number of benzene rings is 2. The van der Waals surface area contributed by atoms with Crippen molar-refractivity contribution >= 4 is 23.3 Å². The fourth-order valence-corrected chi connectivity index (χ4v) is 3.88. The molecule has 0 saturated carbocycles. The number of nitrogens with one attached hydrogen (secondary N) is 1. The lowest BCUT2D eigenvalue weighted by Gasteiger charge is -2.34. The minimum Gasteiger partial charge on any atom is -0.454 e. The SMILES string of the molecule is CC(=O)c1cc2c(cc1NC(=O)CN1CCN(C(=O)Cc3ccc(C)cc3)CC1)OCO2. The van der Waals surface area contributed by atoms with Crippen molar-refractivity contribution in [2.45, 2.75) is 20.3 Å². The zero-order chi connectivity index (χ0) is 22.7. The van der Waals surface area contributed by atoms with E-state index in [1.807, 2.05) is 41.0 Å². The molecule has 1 N–H and O–H groups in total. The first-order valence-corrected chi connectivity index (χ1v) is 10.7. The van der Waals surface area contributed by atoms with Crippen LogP contribution in [0.25, 0.3) is 0 Å². The summed E-state index contributed by atoms with van der Waals surface area (Å²) in [5.74, 6) is 0.722. The zero-order valence-electron chi connectivity index (χ0n) is 18.3. The number of piperazine rings is 1. The highest BCUT2D eigenvalue weighted by Crippen LogP contribution is 2.37. The highest BCUT2D eigenvalue weighted by Gasteiger charge is 2.24. The molecule has 8 nitrogen and oxygen atoms in total. The van der Waals surface area contributed by atoms with Gasteiger partial charge in [0.15, 0.2) is 17.3 Å². The van der Waals surface area contributed by atoms with Gasteiger partial charge in [-0.05, 0) is 25.5 Å². The van der Waals surface area contributed by atoms with E-state index < -0.39 is 0 Å². The van der Waals surface area contributed by atoms with Crippen LogP contribution in [0, 0.1) is 6.92 Å². The maximum atomic E-state index is 12.6. The van der Waals surface area contributed by atoms with Crippen molar-refractivity contribution in [2.24, 2.45) is 0 Å². The Morgan fingerprint density at radius 3 is 2.28 bits per heavy atom. The summed E-state index contributed by atoms with van der Waals surface area (Å²) in [6.07, 6.45) is 0.388. The minimum absolute atomic E-state index is 0.0942. The molecule has 0 atom stereocenters. The Morgan fingerprint density at radius 1 is 0.969 bits per heavy atom. The number of aryl methyl sites for hydroxylation is 1. The summed E-state index contributed by atoms with van der Waals surface area (Å²) in [5, 5.41) is 2.82. The summed E-state index contributed by atoms with van der Waals surface area (Å²) in [5.41, 5.74) is 2.98. The third-order valence-electron chi connectivity index (χ3n) is 5.73. The smallest absolute Gasteiger partial charge is 0.238 e. The first kappa shape index (κ1) is 21.8. The topological polar surface area (TPSA) is 88.2 Å². The highest BCUT2D eigenvalue weighted by molar-refractivity contribution is 6.05. The van der Waals surface area contributed by atoms with Crippen molar-refractivity contribution in [3.8, 4) is 11.5 Å². The van der Waals surface area contributed by atoms with Gasteiger partial charge < -0.3 is 19.7 Å². The first-order valence-electron chi connectivity index (χ1n) is 10.7. The Bertz CT molecular complexity index is 1030. The van der Waals surface area contributed by atoms with E-state index >= 15 is 0 Å². The van der Waals surface area contributed by atoms with Crippen LogP contribution in [0.15, 0.2) is 36.4 Å². The van der Waals surface area contributed by atoms with Crippen molar-refractivity contribution in [1.82, 2.24) is 9.80 Å². The van der Waals surface area contributed by atoms with Gasteiger partial charge in [-0.25, -0.2) is 0 Å². The lowest BCUT2D eigenvalue weighted by atomic mass is 10.1. The second-order valence-corrected chi connectivity index (χ2v) is 8.17. The molecule has 0 radical (unpaired) electrons.